The zero-order valence-electron chi connectivity index (χ0n) is 15.0. The molecule has 0 saturated carbocycles. The molecule has 0 radical (unpaired) electrons. The molecular weight excluding hydrogens is 346 g/mol. The van der Waals surface area contributed by atoms with Crippen LogP contribution in [0.1, 0.15) is 29.5 Å². The molecule has 7 heteroatoms. The lowest BCUT2D eigenvalue weighted by Crippen LogP contribution is -2.48. The SMILES string of the molecule is O=C(O)CCC(Cc1ccccc1)NC(=O)N1CCc2cc[nH]c(=O)c2C1. The van der Waals surface area contributed by atoms with E-state index in [0.29, 0.717) is 31.4 Å². The highest BCUT2D eigenvalue weighted by Gasteiger charge is 2.24. The molecule has 0 aliphatic carbocycles. The summed E-state index contributed by atoms with van der Waals surface area (Å²) in [5.41, 5.74) is 2.45. The van der Waals surface area contributed by atoms with Crippen molar-refractivity contribution < 1.29 is 14.7 Å². The third-order valence-corrected chi connectivity index (χ3v) is 4.81. The minimum Gasteiger partial charge on any atom is -0.481 e. The highest BCUT2D eigenvalue weighted by atomic mass is 16.4. The predicted molar refractivity (Wildman–Crippen MR) is 101 cm³/mol. The van der Waals surface area contributed by atoms with Gasteiger partial charge in [0.2, 0.25) is 0 Å². The summed E-state index contributed by atoms with van der Waals surface area (Å²) in [7, 11) is 0. The van der Waals surface area contributed by atoms with Crippen LogP contribution in [0.5, 0.6) is 0 Å². The number of carboxylic acid groups (broad SMARTS) is 1. The molecule has 1 aromatic carbocycles. The van der Waals surface area contributed by atoms with Crippen molar-refractivity contribution in [2.75, 3.05) is 6.54 Å². The van der Waals surface area contributed by atoms with E-state index >= 15 is 0 Å². The van der Waals surface area contributed by atoms with Gasteiger partial charge in [-0.05, 0) is 36.5 Å². The normalized spacial score (nSPS) is 14.3. The van der Waals surface area contributed by atoms with Gasteiger partial charge in [0.25, 0.3) is 5.56 Å². The van der Waals surface area contributed by atoms with Crippen LogP contribution in [-0.2, 0) is 24.2 Å². The fourth-order valence-electron chi connectivity index (χ4n) is 3.35. The monoisotopic (exact) mass is 369 g/mol. The van der Waals surface area contributed by atoms with E-state index in [4.69, 9.17) is 5.11 Å². The Hall–Kier alpha value is -3.09. The van der Waals surface area contributed by atoms with Crippen LogP contribution in [0.3, 0.4) is 0 Å². The summed E-state index contributed by atoms with van der Waals surface area (Å²) in [6.07, 6.45) is 3.15. The summed E-state index contributed by atoms with van der Waals surface area (Å²) in [6, 6.07) is 11.0. The van der Waals surface area contributed by atoms with Gasteiger partial charge in [-0.25, -0.2) is 4.79 Å². The molecule has 1 aliphatic rings. The molecule has 142 valence electrons. The van der Waals surface area contributed by atoms with E-state index in [2.05, 4.69) is 10.3 Å². The number of rotatable bonds is 6. The Bertz CT molecular complexity index is 863. The topological polar surface area (TPSA) is 102 Å². The average Bonchev–Trinajstić information content (AvgIpc) is 2.67. The van der Waals surface area contributed by atoms with Crippen molar-refractivity contribution >= 4 is 12.0 Å². The molecular formula is C20H23N3O4. The fraction of sp³-hybridized carbons (Fsp3) is 0.350. The number of carbonyl (C=O) groups excluding carboxylic acids is 1. The van der Waals surface area contributed by atoms with Gasteiger partial charge in [-0.15, -0.1) is 0 Å². The lowest BCUT2D eigenvalue weighted by Gasteiger charge is -2.30. The standard InChI is InChI=1S/C20H23N3O4/c24-18(25)7-6-16(12-14-4-2-1-3-5-14)22-20(27)23-11-9-15-8-10-21-19(26)17(15)13-23/h1-5,8,10,16H,6-7,9,11-13H2,(H,21,26)(H,22,27)(H,24,25). The number of amides is 2. The molecule has 3 rings (SSSR count). The lowest BCUT2D eigenvalue weighted by molar-refractivity contribution is -0.137. The summed E-state index contributed by atoms with van der Waals surface area (Å²) in [6.45, 7) is 0.785. The second kappa shape index (κ2) is 8.53. The molecule has 2 amide bonds. The quantitative estimate of drug-likeness (QED) is 0.724. The highest BCUT2D eigenvalue weighted by Crippen LogP contribution is 2.16. The molecule has 3 N–H and O–H groups in total. The number of nitrogens with zero attached hydrogens (tertiary/aromatic N) is 1. The molecule has 1 unspecified atom stereocenters. The minimum atomic E-state index is -0.888. The number of hydrogen-bond donors (Lipinski definition) is 3. The lowest BCUT2D eigenvalue weighted by atomic mass is 10.0. The number of fused-ring (bicyclic) bond motifs is 1. The number of hydrogen-bond acceptors (Lipinski definition) is 3. The third kappa shape index (κ3) is 4.97. The van der Waals surface area contributed by atoms with Gasteiger partial charge in [0.1, 0.15) is 0 Å². The molecule has 0 spiro atoms. The molecule has 2 aromatic rings. The Morgan fingerprint density at radius 2 is 2.00 bits per heavy atom. The number of aromatic nitrogens is 1. The van der Waals surface area contributed by atoms with Gasteiger partial charge in [-0.2, -0.15) is 0 Å². The number of H-pyrrole nitrogens is 1. The van der Waals surface area contributed by atoms with Crippen molar-refractivity contribution in [3.05, 3.63) is 69.6 Å². The Labute approximate surface area is 157 Å². The second-order valence-electron chi connectivity index (χ2n) is 6.75. The van der Waals surface area contributed by atoms with Crippen molar-refractivity contribution in [3.8, 4) is 0 Å². The zero-order chi connectivity index (χ0) is 19.2. The Kier molecular flexibility index (Phi) is 5.90. The summed E-state index contributed by atoms with van der Waals surface area (Å²) in [4.78, 5) is 39.9. The van der Waals surface area contributed by atoms with Gasteiger partial charge in [-0.1, -0.05) is 30.3 Å². The number of aromatic amines is 1. The van der Waals surface area contributed by atoms with Gasteiger partial charge in [0.15, 0.2) is 0 Å². The molecule has 27 heavy (non-hydrogen) atoms. The number of benzene rings is 1. The maximum absolute atomic E-state index is 12.7. The van der Waals surface area contributed by atoms with Crippen LogP contribution in [0.4, 0.5) is 4.79 Å². The minimum absolute atomic E-state index is 0.0136. The van der Waals surface area contributed by atoms with Crippen LogP contribution in [0, 0.1) is 0 Å². The molecule has 1 aliphatic heterocycles. The number of carbonyl (C=O) groups is 2. The number of nitrogens with one attached hydrogen (secondary N) is 2. The van der Waals surface area contributed by atoms with Crippen LogP contribution >= 0.6 is 0 Å². The van der Waals surface area contributed by atoms with E-state index in [1.54, 1.807) is 11.1 Å². The van der Waals surface area contributed by atoms with Crippen LogP contribution in [-0.4, -0.2) is 39.6 Å². The Morgan fingerprint density at radius 1 is 1.22 bits per heavy atom. The smallest absolute Gasteiger partial charge is 0.317 e. The van der Waals surface area contributed by atoms with Gasteiger partial charge >= 0.3 is 12.0 Å². The maximum atomic E-state index is 12.7. The van der Waals surface area contributed by atoms with Crippen LogP contribution < -0.4 is 10.9 Å². The molecule has 1 aromatic heterocycles. The van der Waals surface area contributed by atoms with E-state index < -0.39 is 5.97 Å². The first-order valence-corrected chi connectivity index (χ1v) is 9.03. The molecule has 0 saturated heterocycles. The maximum Gasteiger partial charge on any atom is 0.317 e. The van der Waals surface area contributed by atoms with E-state index in [1.807, 2.05) is 36.4 Å². The molecule has 7 nitrogen and oxygen atoms in total. The van der Waals surface area contributed by atoms with Crippen LogP contribution in [0.25, 0.3) is 0 Å². The third-order valence-electron chi connectivity index (χ3n) is 4.81. The van der Waals surface area contributed by atoms with E-state index in [1.165, 1.54) is 0 Å². The predicted octanol–water partition coefficient (Wildman–Crippen LogP) is 1.92. The first-order chi connectivity index (χ1) is 13.0. The number of urea groups is 1. The number of pyridine rings is 1. The van der Waals surface area contributed by atoms with Gasteiger partial charge in [0.05, 0.1) is 6.54 Å². The molecule has 0 fully saturated rings. The molecule has 1 atom stereocenters. The summed E-state index contributed by atoms with van der Waals surface area (Å²) in [5, 5.41) is 11.9. The van der Waals surface area contributed by atoms with E-state index in [9.17, 15) is 14.4 Å². The Morgan fingerprint density at radius 3 is 2.74 bits per heavy atom. The molecule has 2 heterocycles. The van der Waals surface area contributed by atoms with Crippen molar-refractivity contribution in [1.29, 1.82) is 0 Å². The zero-order valence-corrected chi connectivity index (χ0v) is 15.0. The number of aliphatic carboxylic acids is 1. The van der Waals surface area contributed by atoms with Gasteiger partial charge in [-0.3, -0.25) is 9.59 Å². The van der Waals surface area contributed by atoms with Crippen molar-refractivity contribution in [1.82, 2.24) is 15.2 Å². The second-order valence-corrected chi connectivity index (χ2v) is 6.75. The molecule has 0 bridgehead atoms. The van der Waals surface area contributed by atoms with Crippen LogP contribution in [0.15, 0.2) is 47.4 Å². The van der Waals surface area contributed by atoms with Crippen molar-refractivity contribution in [2.24, 2.45) is 0 Å². The van der Waals surface area contributed by atoms with Crippen LogP contribution in [0.2, 0.25) is 0 Å². The average molecular weight is 369 g/mol. The van der Waals surface area contributed by atoms with Gasteiger partial charge < -0.3 is 20.3 Å². The van der Waals surface area contributed by atoms with E-state index in [-0.39, 0.29) is 30.6 Å². The Balaban J connectivity index is 1.67. The number of carboxylic acids is 1. The summed E-state index contributed by atoms with van der Waals surface area (Å²) < 4.78 is 0. The largest absolute Gasteiger partial charge is 0.481 e. The summed E-state index contributed by atoms with van der Waals surface area (Å²) in [5.74, 6) is -0.888. The van der Waals surface area contributed by atoms with Crippen molar-refractivity contribution in [3.63, 3.8) is 0 Å². The first kappa shape index (κ1) is 18.7. The highest BCUT2D eigenvalue weighted by molar-refractivity contribution is 5.75. The first-order valence-electron chi connectivity index (χ1n) is 9.03. The van der Waals surface area contributed by atoms with Gasteiger partial charge in [0, 0.05) is 30.8 Å². The van der Waals surface area contributed by atoms with E-state index in [0.717, 1.165) is 11.1 Å². The summed E-state index contributed by atoms with van der Waals surface area (Å²) >= 11 is 0. The van der Waals surface area contributed by atoms with Crippen molar-refractivity contribution in [2.45, 2.75) is 38.3 Å². The fourth-order valence-corrected chi connectivity index (χ4v) is 3.35.